The Bertz CT molecular complexity index is 828. The second-order valence-electron chi connectivity index (χ2n) is 6.58. The largest absolute Gasteiger partial charge is 0.391 e. The van der Waals surface area contributed by atoms with E-state index in [0.29, 0.717) is 44.0 Å². The molecule has 2 aliphatic heterocycles. The van der Waals surface area contributed by atoms with Crippen molar-refractivity contribution in [3.05, 3.63) is 54.1 Å². The summed E-state index contributed by atoms with van der Waals surface area (Å²) in [4.78, 5) is 18.0. The summed E-state index contributed by atoms with van der Waals surface area (Å²) in [5.74, 6) is -0.739. The zero-order valence-corrected chi connectivity index (χ0v) is 14.1. The van der Waals surface area contributed by atoms with Crippen LogP contribution < -0.4 is 9.80 Å². The first-order chi connectivity index (χ1) is 12.5. The van der Waals surface area contributed by atoms with Gasteiger partial charge in [0.1, 0.15) is 11.6 Å². The van der Waals surface area contributed by atoms with Crippen LogP contribution >= 0.6 is 0 Å². The van der Waals surface area contributed by atoms with Crippen LogP contribution in [0.15, 0.2) is 42.5 Å². The average Bonchev–Trinajstić information content (AvgIpc) is 3.07. The van der Waals surface area contributed by atoms with E-state index >= 15 is 0 Å². The number of anilines is 3. The maximum atomic E-state index is 13.9. The highest BCUT2D eigenvalue weighted by Gasteiger charge is 2.33. The van der Waals surface area contributed by atoms with Crippen LogP contribution in [0.5, 0.6) is 0 Å². The van der Waals surface area contributed by atoms with E-state index in [2.05, 4.69) is 0 Å². The molecule has 4 rings (SSSR count). The lowest BCUT2D eigenvalue weighted by Gasteiger charge is -2.39. The number of hydrogen-bond acceptors (Lipinski definition) is 3. The van der Waals surface area contributed by atoms with Gasteiger partial charge < -0.3 is 14.9 Å². The number of carbonyl (C=O) groups is 1. The predicted octanol–water partition coefficient (Wildman–Crippen LogP) is 3.11. The Hall–Kier alpha value is -2.67. The summed E-state index contributed by atoms with van der Waals surface area (Å²) in [6.07, 6.45) is 0.0736. The van der Waals surface area contributed by atoms with E-state index < -0.39 is 11.9 Å². The van der Waals surface area contributed by atoms with Gasteiger partial charge in [0.05, 0.1) is 17.5 Å². The molecule has 0 spiro atoms. The summed E-state index contributed by atoms with van der Waals surface area (Å²) in [5, 5.41) is 9.69. The number of hydrogen-bond donors (Lipinski definition) is 1. The van der Waals surface area contributed by atoms with Gasteiger partial charge in [-0.25, -0.2) is 13.6 Å². The van der Waals surface area contributed by atoms with Gasteiger partial charge in [-0.3, -0.25) is 4.90 Å². The van der Waals surface area contributed by atoms with Crippen molar-refractivity contribution >= 4 is 23.1 Å². The number of benzene rings is 2. The van der Waals surface area contributed by atoms with Crippen molar-refractivity contribution in [2.24, 2.45) is 0 Å². The molecule has 2 aromatic carbocycles. The second-order valence-corrected chi connectivity index (χ2v) is 6.58. The topological polar surface area (TPSA) is 47.0 Å². The zero-order chi connectivity index (χ0) is 18.3. The van der Waals surface area contributed by atoms with Gasteiger partial charge in [0, 0.05) is 31.9 Å². The van der Waals surface area contributed by atoms with Crippen molar-refractivity contribution in [3.8, 4) is 0 Å². The van der Waals surface area contributed by atoms with Crippen LogP contribution in [0.25, 0.3) is 0 Å². The minimum Gasteiger partial charge on any atom is -0.391 e. The fourth-order valence-corrected chi connectivity index (χ4v) is 3.56. The van der Waals surface area contributed by atoms with Crippen LogP contribution in [0.1, 0.15) is 6.42 Å². The molecule has 136 valence electrons. The van der Waals surface area contributed by atoms with Gasteiger partial charge in [0.15, 0.2) is 0 Å². The highest BCUT2D eigenvalue weighted by atomic mass is 19.1. The number of halogens is 2. The molecule has 0 aromatic heterocycles. The number of β-amino-alcohol motifs (C(OH)–C–C–N with tert-alkyl or cyclic N) is 1. The predicted molar refractivity (Wildman–Crippen MR) is 94.7 cm³/mol. The highest BCUT2D eigenvalue weighted by molar-refractivity contribution is 5.98. The summed E-state index contributed by atoms with van der Waals surface area (Å²) in [6.45, 7) is 1.70. The van der Waals surface area contributed by atoms with Crippen molar-refractivity contribution < 1.29 is 18.7 Å². The monoisotopic (exact) mass is 359 g/mol. The highest BCUT2D eigenvalue weighted by Crippen LogP contribution is 2.38. The molecule has 0 unspecified atom stereocenters. The van der Waals surface area contributed by atoms with E-state index in [-0.39, 0.29) is 11.8 Å². The first kappa shape index (κ1) is 16.8. The summed E-state index contributed by atoms with van der Waals surface area (Å²) < 4.78 is 27.1. The molecule has 1 fully saturated rings. The Balaban J connectivity index is 1.68. The van der Waals surface area contributed by atoms with E-state index in [1.165, 1.54) is 24.3 Å². The lowest BCUT2D eigenvalue weighted by atomic mass is 10.1. The number of aliphatic hydroxyl groups excluding tert-OH is 1. The second kappa shape index (κ2) is 6.57. The van der Waals surface area contributed by atoms with Crippen LogP contribution in [0, 0.1) is 11.6 Å². The molecule has 2 aliphatic rings. The summed E-state index contributed by atoms with van der Waals surface area (Å²) in [6, 6.07) is 10.1. The van der Waals surface area contributed by atoms with Crippen LogP contribution in [0.2, 0.25) is 0 Å². The number of nitrogens with zero attached hydrogens (tertiary/aromatic N) is 3. The Morgan fingerprint density at radius 1 is 0.962 bits per heavy atom. The van der Waals surface area contributed by atoms with Gasteiger partial charge in [0.2, 0.25) is 0 Å². The van der Waals surface area contributed by atoms with Gasteiger partial charge in [-0.15, -0.1) is 0 Å². The zero-order valence-electron chi connectivity index (χ0n) is 14.1. The minimum absolute atomic E-state index is 0.187. The van der Waals surface area contributed by atoms with Crippen LogP contribution in [0.4, 0.5) is 30.6 Å². The molecule has 26 heavy (non-hydrogen) atoms. The van der Waals surface area contributed by atoms with Crippen molar-refractivity contribution in [2.75, 3.05) is 36.0 Å². The quantitative estimate of drug-likeness (QED) is 0.851. The van der Waals surface area contributed by atoms with Crippen LogP contribution in [0.3, 0.4) is 0 Å². The summed E-state index contributed by atoms with van der Waals surface area (Å²) in [7, 11) is 0. The number of urea groups is 1. The summed E-state index contributed by atoms with van der Waals surface area (Å²) in [5.41, 5.74) is 1.91. The molecular weight excluding hydrogens is 340 g/mol. The molecule has 2 aromatic rings. The van der Waals surface area contributed by atoms with E-state index in [1.807, 2.05) is 4.90 Å². The van der Waals surface area contributed by atoms with E-state index in [9.17, 15) is 18.7 Å². The average molecular weight is 359 g/mol. The number of aliphatic hydroxyl groups is 1. The van der Waals surface area contributed by atoms with Crippen molar-refractivity contribution in [1.29, 1.82) is 0 Å². The third kappa shape index (κ3) is 2.99. The maximum absolute atomic E-state index is 13.9. The SMILES string of the molecule is O=C(N1CC[C@@H](O)C1)N1CCN(c2ccc(F)cc2)c2cc(F)ccc21. The third-order valence-electron chi connectivity index (χ3n) is 4.87. The molecular formula is C19H19F2N3O2. The van der Waals surface area contributed by atoms with Crippen LogP contribution in [-0.2, 0) is 0 Å². The van der Waals surface area contributed by atoms with Gasteiger partial charge >= 0.3 is 6.03 Å². The first-order valence-electron chi connectivity index (χ1n) is 8.60. The van der Waals surface area contributed by atoms with Crippen LogP contribution in [-0.4, -0.2) is 48.3 Å². The normalized spacial score (nSPS) is 19.7. The Labute approximate surface area is 150 Å². The molecule has 0 bridgehead atoms. The molecule has 0 radical (unpaired) electrons. The van der Waals surface area contributed by atoms with Gasteiger partial charge in [-0.05, 0) is 48.9 Å². The van der Waals surface area contributed by atoms with E-state index in [4.69, 9.17) is 0 Å². The van der Waals surface area contributed by atoms with E-state index in [1.54, 1.807) is 28.0 Å². The maximum Gasteiger partial charge on any atom is 0.324 e. The molecule has 2 amide bonds. The molecule has 2 heterocycles. The van der Waals surface area contributed by atoms with Crippen molar-refractivity contribution in [3.63, 3.8) is 0 Å². The number of fused-ring (bicyclic) bond motifs is 1. The molecule has 0 saturated carbocycles. The number of rotatable bonds is 1. The van der Waals surface area contributed by atoms with Gasteiger partial charge in [-0.2, -0.15) is 0 Å². The van der Waals surface area contributed by atoms with Gasteiger partial charge in [0.25, 0.3) is 0 Å². The fourth-order valence-electron chi connectivity index (χ4n) is 3.56. The van der Waals surface area contributed by atoms with Crippen molar-refractivity contribution in [2.45, 2.75) is 12.5 Å². The minimum atomic E-state index is -0.493. The Kier molecular flexibility index (Phi) is 4.24. The number of likely N-dealkylation sites (tertiary alicyclic amines) is 1. The molecule has 5 nitrogen and oxygen atoms in total. The Morgan fingerprint density at radius 3 is 2.38 bits per heavy atom. The lowest BCUT2D eigenvalue weighted by molar-refractivity contribution is 0.174. The molecule has 0 aliphatic carbocycles. The van der Waals surface area contributed by atoms with E-state index in [0.717, 1.165) is 5.69 Å². The number of carbonyl (C=O) groups excluding carboxylic acids is 1. The standard InChI is InChI=1S/C19H19F2N3O2/c20-13-1-4-15(5-2-13)23-9-10-24(17-6-3-14(21)11-18(17)23)19(26)22-8-7-16(25)12-22/h1-6,11,16,25H,7-10,12H2/t16-/m1/s1. The first-order valence-corrected chi connectivity index (χ1v) is 8.60. The van der Waals surface area contributed by atoms with Crippen molar-refractivity contribution in [1.82, 2.24) is 4.90 Å². The fraction of sp³-hybridized carbons (Fsp3) is 0.316. The molecule has 1 saturated heterocycles. The third-order valence-corrected chi connectivity index (χ3v) is 4.87. The van der Waals surface area contributed by atoms with Gasteiger partial charge in [-0.1, -0.05) is 0 Å². The lowest BCUT2D eigenvalue weighted by Crippen LogP contribution is -2.48. The molecule has 1 N–H and O–H groups in total. The molecule has 1 atom stereocenters. The smallest absolute Gasteiger partial charge is 0.324 e. The summed E-state index contributed by atoms with van der Waals surface area (Å²) >= 11 is 0. The Morgan fingerprint density at radius 2 is 1.69 bits per heavy atom. The number of amides is 2. The molecule has 7 heteroatoms.